The lowest BCUT2D eigenvalue weighted by Crippen LogP contribution is -2.40. The van der Waals surface area contributed by atoms with Gasteiger partial charge in [0.25, 0.3) is 6.01 Å². The molecule has 1 aliphatic rings. The molecule has 35 heavy (non-hydrogen) atoms. The number of sulfonamides is 1. The standard InChI is InChI=1S/C23H29N5O5S2/c1-23(2,3)28-35(30,31)19-12-15(27-22-25-10-11-32-22)6-9-17(19)18-13-26-20(34-18)14-4-7-16(8-5-14)33-21(24)29/h6,9-14,16,28H,4-5,7-8H2,1-3H3,(H2,24,29)(H,25,27)/t14-,16-. The van der Waals surface area contributed by atoms with Crippen molar-refractivity contribution in [2.45, 2.75) is 68.9 Å². The Morgan fingerprint density at radius 2 is 1.94 bits per heavy atom. The first-order valence-corrected chi connectivity index (χ1v) is 13.6. The third-order valence-electron chi connectivity index (χ3n) is 5.49. The molecule has 2 heterocycles. The number of amides is 1. The Bertz CT molecular complexity index is 1270. The monoisotopic (exact) mass is 519 g/mol. The van der Waals surface area contributed by atoms with Gasteiger partial charge in [0.05, 0.1) is 21.0 Å². The van der Waals surface area contributed by atoms with Gasteiger partial charge in [-0.1, -0.05) is 6.07 Å². The van der Waals surface area contributed by atoms with Crippen molar-refractivity contribution in [3.63, 3.8) is 0 Å². The molecular weight excluding hydrogens is 490 g/mol. The normalized spacial score (nSPS) is 18.8. The van der Waals surface area contributed by atoms with Crippen molar-refractivity contribution in [2.24, 2.45) is 5.73 Å². The van der Waals surface area contributed by atoms with Crippen LogP contribution < -0.4 is 15.8 Å². The fourth-order valence-corrected chi connectivity index (χ4v) is 6.94. The van der Waals surface area contributed by atoms with Crippen molar-refractivity contribution in [1.29, 1.82) is 0 Å². The average molecular weight is 520 g/mol. The molecule has 4 rings (SSSR count). The Morgan fingerprint density at radius 3 is 2.57 bits per heavy atom. The number of ether oxygens (including phenoxy) is 1. The second-order valence-electron chi connectivity index (χ2n) is 9.50. The van der Waals surface area contributed by atoms with Crippen LogP contribution in [0.15, 0.2) is 46.2 Å². The molecule has 0 aliphatic heterocycles. The number of hydrogen-bond donors (Lipinski definition) is 3. The summed E-state index contributed by atoms with van der Waals surface area (Å²) in [5, 5.41) is 3.92. The van der Waals surface area contributed by atoms with E-state index >= 15 is 0 Å². The predicted octanol–water partition coefficient (Wildman–Crippen LogP) is 4.74. The summed E-state index contributed by atoms with van der Waals surface area (Å²) in [4.78, 5) is 20.6. The molecule has 0 atom stereocenters. The second kappa shape index (κ2) is 9.96. The van der Waals surface area contributed by atoms with E-state index in [-0.39, 0.29) is 22.9 Å². The minimum absolute atomic E-state index is 0.137. The highest BCUT2D eigenvalue weighted by molar-refractivity contribution is 7.89. The van der Waals surface area contributed by atoms with Crippen LogP contribution in [0, 0.1) is 0 Å². The zero-order chi connectivity index (χ0) is 25.2. The zero-order valence-electron chi connectivity index (χ0n) is 19.8. The maximum absolute atomic E-state index is 13.4. The van der Waals surface area contributed by atoms with Crippen LogP contribution in [0.2, 0.25) is 0 Å². The Balaban J connectivity index is 1.63. The lowest BCUT2D eigenvalue weighted by atomic mass is 9.88. The van der Waals surface area contributed by atoms with E-state index in [4.69, 9.17) is 14.9 Å². The van der Waals surface area contributed by atoms with Gasteiger partial charge in [-0.25, -0.2) is 27.9 Å². The number of rotatable bonds is 7. The Labute approximate surface area is 208 Å². The quantitative estimate of drug-likeness (QED) is 0.405. The van der Waals surface area contributed by atoms with Gasteiger partial charge in [0, 0.05) is 28.9 Å². The zero-order valence-corrected chi connectivity index (χ0v) is 21.4. The number of anilines is 2. The topological polar surface area (TPSA) is 149 Å². The highest BCUT2D eigenvalue weighted by Gasteiger charge is 2.29. The van der Waals surface area contributed by atoms with E-state index in [2.05, 4.69) is 20.0 Å². The number of carbonyl (C=O) groups is 1. The fraction of sp³-hybridized carbons (Fsp3) is 0.435. The molecule has 0 bridgehead atoms. The molecule has 10 nitrogen and oxygen atoms in total. The molecule has 1 saturated carbocycles. The number of oxazole rings is 1. The molecule has 0 radical (unpaired) electrons. The van der Waals surface area contributed by atoms with E-state index in [9.17, 15) is 13.2 Å². The molecular formula is C23H29N5O5S2. The van der Waals surface area contributed by atoms with Gasteiger partial charge in [0.1, 0.15) is 12.4 Å². The first-order valence-electron chi connectivity index (χ1n) is 11.3. The molecule has 1 aromatic carbocycles. The Hall–Kier alpha value is -2.96. The van der Waals surface area contributed by atoms with Gasteiger partial charge < -0.3 is 20.2 Å². The van der Waals surface area contributed by atoms with Gasteiger partial charge in [-0.2, -0.15) is 0 Å². The Kier molecular flexibility index (Phi) is 7.15. The summed E-state index contributed by atoms with van der Waals surface area (Å²) in [7, 11) is -3.86. The summed E-state index contributed by atoms with van der Waals surface area (Å²) in [6, 6.07) is 5.37. The average Bonchev–Trinajstić information content (AvgIpc) is 3.45. The summed E-state index contributed by atoms with van der Waals surface area (Å²) in [6.45, 7) is 5.38. The van der Waals surface area contributed by atoms with Crippen LogP contribution >= 0.6 is 11.3 Å². The first kappa shape index (κ1) is 25.1. The van der Waals surface area contributed by atoms with Crippen LogP contribution in [0.5, 0.6) is 0 Å². The van der Waals surface area contributed by atoms with Gasteiger partial charge in [-0.3, -0.25) is 0 Å². The molecule has 0 unspecified atom stereocenters. The summed E-state index contributed by atoms with van der Waals surface area (Å²) < 4.78 is 39.9. The van der Waals surface area contributed by atoms with Crippen molar-refractivity contribution in [3.8, 4) is 10.4 Å². The number of carbonyl (C=O) groups excluding carboxylic acids is 1. The second-order valence-corrected chi connectivity index (χ2v) is 12.2. The molecule has 188 valence electrons. The molecule has 1 amide bonds. The van der Waals surface area contributed by atoms with E-state index in [0.29, 0.717) is 11.3 Å². The van der Waals surface area contributed by atoms with Crippen molar-refractivity contribution in [2.75, 3.05) is 5.32 Å². The molecule has 2 aromatic heterocycles. The SMILES string of the molecule is CC(C)(C)NS(=O)(=O)c1cc(Nc2ncco2)ccc1-c1cnc([C@H]2CC[C@H](OC(N)=O)CC2)s1. The van der Waals surface area contributed by atoms with Gasteiger partial charge >= 0.3 is 6.09 Å². The van der Waals surface area contributed by atoms with Crippen molar-refractivity contribution in [1.82, 2.24) is 14.7 Å². The van der Waals surface area contributed by atoms with Crippen LogP contribution in [0.1, 0.15) is 57.4 Å². The molecule has 4 N–H and O–H groups in total. The molecule has 12 heteroatoms. The van der Waals surface area contributed by atoms with Crippen LogP contribution in [-0.2, 0) is 14.8 Å². The van der Waals surface area contributed by atoms with Crippen molar-refractivity contribution < 1.29 is 22.4 Å². The van der Waals surface area contributed by atoms with Gasteiger partial charge in [0.15, 0.2) is 0 Å². The maximum atomic E-state index is 13.4. The predicted molar refractivity (Wildman–Crippen MR) is 133 cm³/mol. The van der Waals surface area contributed by atoms with E-state index in [1.165, 1.54) is 23.8 Å². The number of aromatic nitrogens is 2. The van der Waals surface area contributed by atoms with Crippen molar-refractivity contribution in [3.05, 3.63) is 41.9 Å². The van der Waals surface area contributed by atoms with Crippen LogP contribution in [0.3, 0.4) is 0 Å². The minimum Gasteiger partial charge on any atom is -0.446 e. The largest absolute Gasteiger partial charge is 0.446 e. The van der Waals surface area contributed by atoms with E-state index in [0.717, 1.165) is 35.6 Å². The van der Waals surface area contributed by atoms with Gasteiger partial charge in [0.2, 0.25) is 10.0 Å². The lowest BCUT2D eigenvalue weighted by molar-refractivity contribution is 0.0787. The molecule has 3 aromatic rings. The van der Waals surface area contributed by atoms with Gasteiger partial charge in [-0.05, 0) is 58.6 Å². The minimum atomic E-state index is -3.86. The summed E-state index contributed by atoms with van der Waals surface area (Å²) >= 11 is 1.48. The number of nitrogens with one attached hydrogen (secondary N) is 2. The van der Waals surface area contributed by atoms with E-state index in [1.807, 2.05) is 0 Å². The highest BCUT2D eigenvalue weighted by Crippen LogP contribution is 2.40. The number of hydrogen-bond acceptors (Lipinski definition) is 9. The maximum Gasteiger partial charge on any atom is 0.404 e. The first-order chi connectivity index (χ1) is 16.5. The van der Waals surface area contributed by atoms with Crippen LogP contribution in [0.4, 0.5) is 16.5 Å². The molecule has 1 fully saturated rings. The van der Waals surface area contributed by atoms with E-state index in [1.54, 1.807) is 45.2 Å². The van der Waals surface area contributed by atoms with Gasteiger partial charge in [-0.15, -0.1) is 11.3 Å². The third-order valence-corrected chi connectivity index (χ3v) is 8.48. The fourth-order valence-electron chi connectivity index (χ4n) is 4.09. The number of benzene rings is 1. The lowest BCUT2D eigenvalue weighted by Gasteiger charge is -2.26. The summed E-state index contributed by atoms with van der Waals surface area (Å²) in [6.07, 6.45) is 6.83. The number of nitrogens with two attached hydrogens (primary N) is 1. The molecule has 1 aliphatic carbocycles. The van der Waals surface area contributed by atoms with Crippen LogP contribution in [0.25, 0.3) is 10.4 Å². The van der Waals surface area contributed by atoms with Crippen molar-refractivity contribution >= 4 is 39.2 Å². The highest BCUT2D eigenvalue weighted by atomic mass is 32.2. The van der Waals surface area contributed by atoms with Crippen LogP contribution in [-0.4, -0.2) is 36.1 Å². The smallest absolute Gasteiger partial charge is 0.404 e. The molecule has 0 saturated heterocycles. The van der Waals surface area contributed by atoms with E-state index < -0.39 is 21.7 Å². The Morgan fingerprint density at radius 1 is 1.20 bits per heavy atom. The number of nitrogens with zero attached hydrogens (tertiary/aromatic N) is 2. The number of thiazole rings is 1. The third kappa shape index (κ3) is 6.38. The summed E-state index contributed by atoms with van der Waals surface area (Å²) in [5.41, 5.74) is 5.57. The summed E-state index contributed by atoms with van der Waals surface area (Å²) in [5.74, 6) is 0.222. The number of primary amides is 1. The molecule has 0 spiro atoms.